The first kappa shape index (κ1) is 14.9. The van der Waals surface area contributed by atoms with Crippen LogP contribution in [0.3, 0.4) is 0 Å². The number of hydrogen-bond acceptors (Lipinski definition) is 5. The van der Waals surface area contributed by atoms with Crippen molar-refractivity contribution >= 4 is 17.6 Å². The highest BCUT2D eigenvalue weighted by atomic mass is 35.5. The zero-order valence-electron chi connectivity index (χ0n) is 11.5. The molecule has 0 saturated heterocycles. The van der Waals surface area contributed by atoms with Crippen LogP contribution in [0.4, 0.5) is 0 Å². The molecule has 2 rings (SSSR count). The molecule has 0 unspecified atom stereocenters. The van der Waals surface area contributed by atoms with Gasteiger partial charge in [-0.1, -0.05) is 23.7 Å². The Bertz CT molecular complexity index is 701. The summed E-state index contributed by atoms with van der Waals surface area (Å²) >= 11 is 6.00. The number of carbonyl (C=O) groups excluding carboxylic acids is 1. The minimum absolute atomic E-state index is 0.0664. The van der Waals surface area contributed by atoms with Gasteiger partial charge in [-0.2, -0.15) is 5.26 Å². The molecule has 0 saturated carbocycles. The van der Waals surface area contributed by atoms with Crippen molar-refractivity contribution in [3.8, 4) is 6.07 Å². The molecule has 0 bridgehead atoms. The quantitative estimate of drug-likeness (QED) is 0.849. The number of nitrogens with two attached hydrogens (primary N) is 1. The van der Waals surface area contributed by atoms with Crippen molar-refractivity contribution in [1.29, 1.82) is 5.26 Å². The summed E-state index contributed by atoms with van der Waals surface area (Å²) in [6.07, 6.45) is 0. The number of nitriles is 1. The molecule has 1 aromatic rings. The third-order valence-corrected chi connectivity index (χ3v) is 3.43. The number of ether oxygens (including phenoxy) is 2. The van der Waals surface area contributed by atoms with Crippen LogP contribution in [0.2, 0.25) is 5.02 Å². The Morgan fingerprint density at radius 2 is 2.24 bits per heavy atom. The number of methoxy groups -OCH3 is 1. The fourth-order valence-electron chi connectivity index (χ4n) is 2.26. The minimum atomic E-state index is -0.658. The molecule has 1 atom stereocenters. The van der Waals surface area contributed by atoms with E-state index in [2.05, 4.69) is 6.07 Å². The van der Waals surface area contributed by atoms with E-state index in [1.165, 1.54) is 7.11 Å². The highest BCUT2D eigenvalue weighted by molar-refractivity contribution is 6.30. The Kier molecular flexibility index (Phi) is 4.20. The van der Waals surface area contributed by atoms with Gasteiger partial charge in [-0.15, -0.1) is 0 Å². The van der Waals surface area contributed by atoms with E-state index in [4.69, 9.17) is 26.8 Å². The molecule has 21 heavy (non-hydrogen) atoms. The monoisotopic (exact) mass is 304 g/mol. The average molecular weight is 305 g/mol. The highest BCUT2D eigenvalue weighted by Gasteiger charge is 2.36. The molecule has 1 heterocycles. The van der Waals surface area contributed by atoms with Crippen molar-refractivity contribution in [2.24, 2.45) is 5.73 Å². The summed E-state index contributed by atoms with van der Waals surface area (Å²) in [5, 5.41) is 9.88. The van der Waals surface area contributed by atoms with Crippen molar-refractivity contribution in [3.05, 3.63) is 57.6 Å². The molecule has 108 valence electrons. The number of esters is 1. The van der Waals surface area contributed by atoms with Gasteiger partial charge in [-0.05, 0) is 24.6 Å². The molecule has 1 aromatic carbocycles. The Balaban J connectivity index is 2.66. The Morgan fingerprint density at radius 3 is 2.81 bits per heavy atom. The zero-order chi connectivity index (χ0) is 15.6. The third-order valence-electron chi connectivity index (χ3n) is 3.19. The Labute approximate surface area is 127 Å². The van der Waals surface area contributed by atoms with Crippen LogP contribution < -0.4 is 5.73 Å². The molecule has 2 N–H and O–H groups in total. The molecule has 0 spiro atoms. The van der Waals surface area contributed by atoms with E-state index >= 15 is 0 Å². The van der Waals surface area contributed by atoms with Crippen molar-refractivity contribution in [2.45, 2.75) is 12.8 Å². The van der Waals surface area contributed by atoms with E-state index in [1.54, 1.807) is 31.2 Å². The summed E-state index contributed by atoms with van der Waals surface area (Å²) < 4.78 is 10.0. The maximum Gasteiger partial charge on any atom is 0.340 e. The second-order valence-electron chi connectivity index (χ2n) is 4.44. The minimum Gasteiger partial charge on any atom is -0.465 e. The lowest BCUT2D eigenvalue weighted by molar-refractivity contribution is -0.136. The maximum absolute atomic E-state index is 12.0. The van der Waals surface area contributed by atoms with Gasteiger partial charge < -0.3 is 15.2 Å². The van der Waals surface area contributed by atoms with Crippen LogP contribution in [-0.2, 0) is 14.3 Å². The fourth-order valence-corrected chi connectivity index (χ4v) is 2.45. The molecule has 0 aliphatic carbocycles. The number of nitrogens with zero attached hydrogens (tertiary/aromatic N) is 1. The number of allylic oxidation sites excluding steroid dienone is 2. The van der Waals surface area contributed by atoms with Gasteiger partial charge in [0.1, 0.15) is 11.3 Å². The molecule has 1 aliphatic rings. The molecule has 6 heteroatoms. The molecule has 0 fully saturated rings. The van der Waals surface area contributed by atoms with Crippen LogP contribution in [0.15, 0.2) is 47.1 Å². The van der Waals surface area contributed by atoms with Crippen molar-refractivity contribution in [2.75, 3.05) is 7.11 Å². The lowest BCUT2D eigenvalue weighted by atomic mass is 9.83. The highest BCUT2D eigenvalue weighted by Crippen LogP contribution is 2.39. The second-order valence-corrected chi connectivity index (χ2v) is 4.88. The lowest BCUT2D eigenvalue weighted by Gasteiger charge is -2.26. The van der Waals surface area contributed by atoms with Gasteiger partial charge >= 0.3 is 5.97 Å². The molecule has 0 radical (unpaired) electrons. The van der Waals surface area contributed by atoms with Crippen LogP contribution in [0.5, 0.6) is 0 Å². The smallest absolute Gasteiger partial charge is 0.340 e. The van der Waals surface area contributed by atoms with Gasteiger partial charge in [-0.25, -0.2) is 4.79 Å². The van der Waals surface area contributed by atoms with Crippen LogP contribution in [0, 0.1) is 11.3 Å². The SMILES string of the molecule is COC(=O)C1=C(N)OC(C)=C(C#N)[C@H]1c1cccc(Cl)c1. The molecule has 0 aromatic heterocycles. The van der Waals surface area contributed by atoms with Gasteiger partial charge in [-0.3, -0.25) is 0 Å². The van der Waals surface area contributed by atoms with E-state index in [0.29, 0.717) is 21.9 Å². The number of benzene rings is 1. The number of hydrogen-bond donors (Lipinski definition) is 1. The first-order valence-electron chi connectivity index (χ1n) is 6.11. The summed E-state index contributed by atoms with van der Waals surface area (Å²) in [5.41, 5.74) is 6.88. The van der Waals surface area contributed by atoms with Gasteiger partial charge in [0, 0.05) is 5.02 Å². The van der Waals surface area contributed by atoms with Crippen molar-refractivity contribution in [3.63, 3.8) is 0 Å². The van der Waals surface area contributed by atoms with Gasteiger partial charge in [0.2, 0.25) is 5.88 Å². The van der Waals surface area contributed by atoms with E-state index in [9.17, 15) is 10.1 Å². The molecule has 0 amide bonds. The predicted molar refractivity (Wildman–Crippen MR) is 76.8 cm³/mol. The van der Waals surface area contributed by atoms with Crippen molar-refractivity contribution < 1.29 is 14.3 Å². The molecule has 5 nitrogen and oxygen atoms in total. The Morgan fingerprint density at radius 1 is 1.52 bits per heavy atom. The zero-order valence-corrected chi connectivity index (χ0v) is 12.3. The fraction of sp³-hybridized carbons (Fsp3) is 0.200. The van der Waals surface area contributed by atoms with Crippen LogP contribution in [-0.4, -0.2) is 13.1 Å². The first-order valence-corrected chi connectivity index (χ1v) is 6.49. The number of halogens is 1. The average Bonchev–Trinajstić information content (AvgIpc) is 2.45. The Hall–Kier alpha value is -2.45. The van der Waals surface area contributed by atoms with E-state index in [-0.39, 0.29) is 11.5 Å². The molecular formula is C15H13ClN2O3. The van der Waals surface area contributed by atoms with E-state index in [0.717, 1.165) is 0 Å². The summed E-state index contributed by atoms with van der Waals surface area (Å²) in [6, 6.07) is 8.96. The topological polar surface area (TPSA) is 85.3 Å². The third kappa shape index (κ3) is 2.71. The summed E-state index contributed by atoms with van der Waals surface area (Å²) in [6.45, 7) is 1.62. The molecule has 1 aliphatic heterocycles. The predicted octanol–water partition coefficient (Wildman–Crippen LogP) is 2.59. The number of rotatable bonds is 2. The second kappa shape index (κ2) is 5.90. The standard InChI is InChI=1S/C15H13ClN2O3/c1-8-11(7-17)12(9-4-3-5-10(16)6-9)13(14(18)21-8)15(19)20-2/h3-6,12H,18H2,1-2H3/t12-/m1/s1. The van der Waals surface area contributed by atoms with E-state index < -0.39 is 11.9 Å². The van der Waals surface area contributed by atoms with Gasteiger partial charge in [0.25, 0.3) is 0 Å². The normalized spacial score (nSPS) is 18.1. The van der Waals surface area contributed by atoms with Crippen LogP contribution in [0.1, 0.15) is 18.4 Å². The van der Waals surface area contributed by atoms with Crippen molar-refractivity contribution in [1.82, 2.24) is 0 Å². The lowest BCUT2D eigenvalue weighted by Crippen LogP contribution is -2.25. The summed E-state index contributed by atoms with van der Waals surface area (Å²) in [5.74, 6) is -1.01. The largest absolute Gasteiger partial charge is 0.465 e. The maximum atomic E-state index is 12.0. The van der Waals surface area contributed by atoms with Gasteiger partial charge in [0.05, 0.1) is 24.7 Å². The van der Waals surface area contributed by atoms with Gasteiger partial charge in [0.15, 0.2) is 0 Å². The summed E-state index contributed by atoms with van der Waals surface area (Å²) in [4.78, 5) is 12.0. The van der Waals surface area contributed by atoms with E-state index in [1.807, 2.05) is 0 Å². The van der Waals surface area contributed by atoms with Crippen LogP contribution >= 0.6 is 11.6 Å². The number of carbonyl (C=O) groups is 1. The van der Waals surface area contributed by atoms with Crippen LogP contribution in [0.25, 0.3) is 0 Å². The molecular weight excluding hydrogens is 292 g/mol. The first-order chi connectivity index (χ1) is 9.99. The summed E-state index contributed by atoms with van der Waals surface area (Å²) in [7, 11) is 1.24.